The molecular formula is C20H29IN4O3S. The molecule has 0 aliphatic rings. The van der Waals surface area contributed by atoms with Gasteiger partial charge in [-0.1, -0.05) is 54.6 Å². The molecule has 0 fully saturated rings. The van der Waals surface area contributed by atoms with Crippen molar-refractivity contribution in [3.8, 4) is 0 Å². The Bertz CT molecular complexity index is 876. The van der Waals surface area contributed by atoms with Crippen LogP contribution in [0.1, 0.15) is 22.6 Å². The van der Waals surface area contributed by atoms with Crippen molar-refractivity contribution in [1.82, 2.24) is 15.4 Å². The number of sulfonamides is 1. The summed E-state index contributed by atoms with van der Waals surface area (Å²) in [5, 5.41) is 16.1. The first-order valence-electron chi connectivity index (χ1n) is 9.06. The van der Waals surface area contributed by atoms with Crippen molar-refractivity contribution in [1.29, 1.82) is 0 Å². The molecule has 2 aromatic rings. The SMILES string of the molecule is CN=C(NCc1cccc(CS(=O)(=O)NC)c1)NCC(CO)c1ccccc1.I. The van der Waals surface area contributed by atoms with Crippen LogP contribution in [0.3, 0.4) is 0 Å². The third kappa shape index (κ3) is 8.69. The summed E-state index contributed by atoms with van der Waals surface area (Å²) < 4.78 is 25.7. The van der Waals surface area contributed by atoms with Gasteiger partial charge in [-0.3, -0.25) is 4.99 Å². The number of rotatable bonds is 9. The van der Waals surface area contributed by atoms with Gasteiger partial charge >= 0.3 is 0 Å². The zero-order valence-corrected chi connectivity index (χ0v) is 19.8. The van der Waals surface area contributed by atoms with Crippen LogP contribution in [0.15, 0.2) is 59.6 Å². The predicted molar refractivity (Wildman–Crippen MR) is 128 cm³/mol. The molecule has 0 amide bonds. The summed E-state index contributed by atoms with van der Waals surface area (Å²) in [7, 11) is -0.212. The molecule has 1 unspecified atom stereocenters. The predicted octanol–water partition coefficient (Wildman–Crippen LogP) is 1.79. The molecule has 1 atom stereocenters. The molecule has 7 nitrogen and oxygen atoms in total. The van der Waals surface area contributed by atoms with E-state index < -0.39 is 10.0 Å². The second kappa shape index (κ2) is 12.8. The van der Waals surface area contributed by atoms with Crippen LogP contribution in [0.25, 0.3) is 0 Å². The van der Waals surface area contributed by atoms with Crippen LogP contribution in [0.5, 0.6) is 0 Å². The normalized spacial score (nSPS) is 12.7. The van der Waals surface area contributed by atoms with E-state index in [1.54, 1.807) is 13.1 Å². The van der Waals surface area contributed by atoms with Crippen molar-refractivity contribution in [3.05, 3.63) is 71.3 Å². The molecule has 0 saturated carbocycles. The summed E-state index contributed by atoms with van der Waals surface area (Å²) >= 11 is 0. The van der Waals surface area contributed by atoms with Crippen LogP contribution in [0, 0.1) is 0 Å². The number of hydrogen-bond donors (Lipinski definition) is 4. The van der Waals surface area contributed by atoms with E-state index in [0.717, 1.165) is 16.7 Å². The number of aliphatic hydroxyl groups is 1. The first-order chi connectivity index (χ1) is 13.5. The number of aliphatic imine (C=N–C) groups is 1. The number of aliphatic hydroxyl groups excluding tert-OH is 1. The maximum atomic E-state index is 11.7. The third-order valence-electron chi connectivity index (χ3n) is 4.35. The van der Waals surface area contributed by atoms with Crippen molar-refractivity contribution in [2.75, 3.05) is 27.2 Å². The Morgan fingerprint density at radius 2 is 1.76 bits per heavy atom. The van der Waals surface area contributed by atoms with E-state index in [1.807, 2.05) is 48.5 Å². The number of nitrogens with zero attached hydrogens (tertiary/aromatic N) is 1. The lowest BCUT2D eigenvalue weighted by Crippen LogP contribution is -2.39. The average Bonchev–Trinajstić information content (AvgIpc) is 2.71. The second-order valence-corrected chi connectivity index (χ2v) is 8.31. The van der Waals surface area contributed by atoms with E-state index in [9.17, 15) is 13.5 Å². The fourth-order valence-corrected chi connectivity index (χ4v) is 3.52. The first kappa shape index (κ1) is 25.3. The second-order valence-electron chi connectivity index (χ2n) is 6.38. The van der Waals surface area contributed by atoms with Gasteiger partial charge in [0.05, 0.1) is 12.4 Å². The molecule has 0 saturated heterocycles. The average molecular weight is 532 g/mol. The van der Waals surface area contributed by atoms with E-state index in [-0.39, 0.29) is 42.3 Å². The lowest BCUT2D eigenvalue weighted by atomic mass is 10.0. The summed E-state index contributed by atoms with van der Waals surface area (Å²) in [6.45, 7) is 1.08. The van der Waals surface area contributed by atoms with Crippen LogP contribution in [0.4, 0.5) is 0 Å². The van der Waals surface area contributed by atoms with E-state index in [1.165, 1.54) is 7.05 Å². The molecule has 9 heteroatoms. The Morgan fingerprint density at radius 3 is 2.38 bits per heavy atom. The Kier molecular flexibility index (Phi) is 11.2. The highest BCUT2D eigenvalue weighted by atomic mass is 127. The molecule has 0 aromatic heterocycles. The third-order valence-corrected chi connectivity index (χ3v) is 5.69. The Balaban J connectivity index is 0.00000420. The van der Waals surface area contributed by atoms with Crippen LogP contribution in [0.2, 0.25) is 0 Å². The molecule has 0 spiro atoms. The van der Waals surface area contributed by atoms with Gasteiger partial charge in [-0.2, -0.15) is 0 Å². The molecule has 0 aliphatic carbocycles. The quantitative estimate of drug-likeness (QED) is 0.224. The molecule has 4 N–H and O–H groups in total. The maximum absolute atomic E-state index is 11.7. The van der Waals surface area contributed by atoms with Crippen LogP contribution >= 0.6 is 24.0 Å². The number of hydrogen-bond acceptors (Lipinski definition) is 4. The van der Waals surface area contributed by atoms with Crippen LogP contribution in [-0.4, -0.2) is 46.7 Å². The summed E-state index contributed by atoms with van der Waals surface area (Å²) in [6, 6.07) is 17.2. The van der Waals surface area contributed by atoms with Gasteiger partial charge in [0.25, 0.3) is 0 Å². The smallest absolute Gasteiger partial charge is 0.215 e. The monoisotopic (exact) mass is 532 g/mol. The highest BCUT2D eigenvalue weighted by Gasteiger charge is 2.11. The topological polar surface area (TPSA) is 103 Å². The molecule has 2 aromatic carbocycles. The summed E-state index contributed by atoms with van der Waals surface area (Å²) in [5.74, 6) is 0.525. The van der Waals surface area contributed by atoms with Gasteiger partial charge in [0.15, 0.2) is 5.96 Å². The van der Waals surface area contributed by atoms with Crippen molar-refractivity contribution in [2.45, 2.75) is 18.2 Å². The van der Waals surface area contributed by atoms with Gasteiger partial charge in [0, 0.05) is 26.1 Å². The van der Waals surface area contributed by atoms with Crippen molar-refractivity contribution < 1.29 is 13.5 Å². The summed E-state index contributed by atoms with van der Waals surface area (Å²) in [5.41, 5.74) is 2.74. The largest absolute Gasteiger partial charge is 0.396 e. The first-order valence-corrected chi connectivity index (χ1v) is 10.7. The van der Waals surface area contributed by atoms with Gasteiger partial charge < -0.3 is 15.7 Å². The number of halogens is 1. The molecule has 0 heterocycles. The van der Waals surface area contributed by atoms with E-state index >= 15 is 0 Å². The minimum absolute atomic E-state index is 0. The maximum Gasteiger partial charge on any atom is 0.215 e. The van der Waals surface area contributed by atoms with Crippen LogP contribution in [-0.2, 0) is 22.3 Å². The highest BCUT2D eigenvalue weighted by molar-refractivity contribution is 14.0. The lowest BCUT2D eigenvalue weighted by molar-refractivity contribution is 0.265. The minimum atomic E-state index is -3.30. The molecule has 29 heavy (non-hydrogen) atoms. The molecule has 2 rings (SSSR count). The number of guanidine groups is 1. The lowest BCUT2D eigenvalue weighted by Gasteiger charge is -2.18. The van der Waals surface area contributed by atoms with Crippen molar-refractivity contribution in [2.24, 2.45) is 4.99 Å². The van der Waals surface area contributed by atoms with Crippen molar-refractivity contribution in [3.63, 3.8) is 0 Å². The molecule has 0 bridgehead atoms. The van der Waals surface area contributed by atoms with Crippen LogP contribution < -0.4 is 15.4 Å². The van der Waals surface area contributed by atoms with E-state index in [2.05, 4.69) is 20.3 Å². The number of benzene rings is 2. The van der Waals surface area contributed by atoms with Crippen molar-refractivity contribution >= 4 is 40.0 Å². The zero-order valence-electron chi connectivity index (χ0n) is 16.6. The van der Waals surface area contributed by atoms with Gasteiger partial charge in [-0.25, -0.2) is 13.1 Å². The minimum Gasteiger partial charge on any atom is -0.396 e. The number of nitrogens with one attached hydrogen (secondary N) is 3. The van der Waals surface area contributed by atoms with Gasteiger partial charge in [-0.15, -0.1) is 24.0 Å². The van der Waals surface area contributed by atoms with E-state index in [4.69, 9.17) is 0 Å². The standard InChI is InChI=1S/C20H28N4O3S.HI/c1-21-20(24-13-19(14-25)18-9-4-3-5-10-18)23-12-16-7-6-8-17(11-16)15-28(26,27)22-2;/h3-11,19,22,25H,12-15H2,1-2H3,(H2,21,23,24);1H. The fraction of sp³-hybridized carbons (Fsp3) is 0.350. The molecule has 0 radical (unpaired) electrons. The fourth-order valence-electron chi connectivity index (χ4n) is 2.76. The summed E-state index contributed by atoms with van der Waals surface area (Å²) in [6.07, 6.45) is 0. The highest BCUT2D eigenvalue weighted by Crippen LogP contribution is 2.13. The molecular weight excluding hydrogens is 503 g/mol. The van der Waals surface area contributed by atoms with Gasteiger partial charge in [0.1, 0.15) is 0 Å². The zero-order chi connectivity index (χ0) is 20.4. The Labute approximate surface area is 190 Å². The van der Waals surface area contributed by atoms with Gasteiger partial charge in [0.2, 0.25) is 10.0 Å². The Morgan fingerprint density at radius 1 is 1.07 bits per heavy atom. The molecule has 0 aliphatic heterocycles. The van der Waals surface area contributed by atoms with Gasteiger partial charge in [-0.05, 0) is 23.7 Å². The Hall–Kier alpha value is -1.69. The van der Waals surface area contributed by atoms with E-state index in [0.29, 0.717) is 19.0 Å². The molecule has 160 valence electrons. The summed E-state index contributed by atoms with van der Waals surface area (Å²) in [4.78, 5) is 4.21.